The molecule has 1 unspecified atom stereocenters. The SMILES string of the molecule is COC(COCc1ccccc1)OC(N)=O. The van der Waals surface area contributed by atoms with Gasteiger partial charge < -0.3 is 19.9 Å². The first kappa shape index (κ1) is 12.5. The number of nitrogens with two attached hydrogens (primary N) is 1. The van der Waals surface area contributed by atoms with Gasteiger partial charge in [0.2, 0.25) is 6.29 Å². The fourth-order valence-electron chi connectivity index (χ4n) is 1.13. The molecule has 0 saturated carbocycles. The van der Waals surface area contributed by atoms with Crippen molar-refractivity contribution in [3.05, 3.63) is 35.9 Å². The Balaban J connectivity index is 2.26. The highest BCUT2D eigenvalue weighted by molar-refractivity contribution is 5.64. The monoisotopic (exact) mass is 225 g/mol. The number of benzene rings is 1. The smallest absolute Gasteiger partial charge is 0.406 e. The van der Waals surface area contributed by atoms with Crippen molar-refractivity contribution in [2.45, 2.75) is 12.9 Å². The number of carbonyl (C=O) groups excluding carboxylic acids is 1. The number of amides is 1. The Labute approximate surface area is 94.1 Å². The molecule has 0 saturated heterocycles. The molecule has 0 aliphatic carbocycles. The lowest BCUT2D eigenvalue weighted by Crippen LogP contribution is -2.28. The summed E-state index contributed by atoms with van der Waals surface area (Å²) < 4.78 is 14.8. The van der Waals surface area contributed by atoms with Gasteiger partial charge in [0.1, 0.15) is 6.61 Å². The van der Waals surface area contributed by atoms with Crippen molar-refractivity contribution in [3.8, 4) is 0 Å². The predicted molar refractivity (Wildman–Crippen MR) is 57.6 cm³/mol. The van der Waals surface area contributed by atoms with Crippen molar-refractivity contribution in [1.29, 1.82) is 0 Å². The molecular formula is C11H15NO4. The Hall–Kier alpha value is -1.59. The second kappa shape index (κ2) is 6.81. The van der Waals surface area contributed by atoms with E-state index in [0.29, 0.717) is 6.61 Å². The van der Waals surface area contributed by atoms with E-state index in [-0.39, 0.29) is 6.61 Å². The van der Waals surface area contributed by atoms with Crippen LogP contribution in [0, 0.1) is 0 Å². The lowest BCUT2D eigenvalue weighted by atomic mass is 10.2. The van der Waals surface area contributed by atoms with E-state index in [1.807, 2.05) is 30.3 Å². The molecule has 88 valence electrons. The van der Waals surface area contributed by atoms with Gasteiger partial charge >= 0.3 is 6.09 Å². The number of ether oxygens (including phenoxy) is 3. The highest BCUT2D eigenvalue weighted by Gasteiger charge is 2.10. The number of hydrogen-bond donors (Lipinski definition) is 1. The molecule has 0 spiro atoms. The number of carbonyl (C=O) groups is 1. The summed E-state index contributed by atoms with van der Waals surface area (Å²) in [5.74, 6) is 0. The van der Waals surface area contributed by atoms with E-state index in [1.54, 1.807) is 0 Å². The second-order valence-corrected chi connectivity index (χ2v) is 3.10. The summed E-state index contributed by atoms with van der Waals surface area (Å²) in [4.78, 5) is 10.5. The molecule has 1 rings (SSSR count). The zero-order valence-corrected chi connectivity index (χ0v) is 9.09. The average Bonchev–Trinajstić information content (AvgIpc) is 2.28. The van der Waals surface area contributed by atoms with Crippen LogP contribution in [0.5, 0.6) is 0 Å². The Morgan fingerprint density at radius 1 is 1.38 bits per heavy atom. The fraction of sp³-hybridized carbons (Fsp3) is 0.364. The van der Waals surface area contributed by atoms with E-state index in [4.69, 9.17) is 15.2 Å². The van der Waals surface area contributed by atoms with Gasteiger partial charge in [0.05, 0.1) is 6.61 Å². The highest BCUT2D eigenvalue weighted by Crippen LogP contribution is 2.02. The maximum atomic E-state index is 10.5. The Kier molecular flexibility index (Phi) is 5.31. The van der Waals surface area contributed by atoms with Gasteiger partial charge in [-0.25, -0.2) is 4.79 Å². The summed E-state index contributed by atoms with van der Waals surface area (Å²) in [5, 5.41) is 0. The first-order valence-corrected chi connectivity index (χ1v) is 4.83. The maximum absolute atomic E-state index is 10.5. The van der Waals surface area contributed by atoms with E-state index >= 15 is 0 Å². The maximum Gasteiger partial charge on any atom is 0.406 e. The van der Waals surface area contributed by atoms with E-state index in [9.17, 15) is 4.79 Å². The highest BCUT2D eigenvalue weighted by atomic mass is 16.7. The van der Waals surface area contributed by atoms with Crippen molar-refractivity contribution < 1.29 is 19.0 Å². The Bertz CT molecular complexity index is 315. The van der Waals surface area contributed by atoms with Crippen molar-refractivity contribution in [1.82, 2.24) is 0 Å². The zero-order valence-electron chi connectivity index (χ0n) is 9.09. The predicted octanol–water partition coefficient (Wildman–Crippen LogP) is 1.27. The van der Waals surface area contributed by atoms with Gasteiger partial charge in [-0.2, -0.15) is 0 Å². The summed E-state index contributed by atoms with van der Waals surface area (Å²) >= 11 is 0. The molecule has 5 heteroatoms. The van der Waals surface area contributed by atoms with Crippen LogP contribution >= 0.6 is 0 Å². The third-order valence-electron chi connectivity index (χ3n) is 1.88. The minimum absolute atomic E-state index is 0.147. The van der Waals surface area contributed by atoms with Gasteiger partial charge in [0.25, 0.3) is 0 Å². The van der Waals surface area contributed by atoms with Crippen LogP contribution in [0.15, 0.2) is 30.3 Å². The molecule has 0 fully saturated rings. The lowest BCUT2D eigenvalue weighted by molar-refractivity contribution is -0.123. The van der Waals surface area contributed by atoms with Crippen LogP contribution in [0.4, 0.5) is 4.79 Å². The van der Waals surface area contributed by atoms with Crippen LogP contribution in [0.1, 0.15) is 5.56 Å². The van der Waals surface area contributed by atoms with Crippen LogP contribution in [0.25, 0.3) is 0 Å². The van der Waals surface area contributed by atoms with Crippen LogP contribution in [0.3, 0.4) is 0 Å². The van der Waals surface area contributed by atoms with E-state index in [1.165, 1.54) is 7.11 Å². The number of methoxy groups -OCH3 is 1. The normalized spacial score (nSPS) is 12.1. The Morgan fingerprint density at radius 3 is 2.62 bits per heavy atom. The molecule has 1 aromatic rings. The van der Waals surface area contributed by atoms with Gasteiger partial charge in [-0.05, 0) is 5.56 Å². The van der Waals surface area contributed by atoms with Crippen LogP contribution < -0.4 is 5.73 Å². The topological polar surface area (TPSA) is 70.8 Å². The van der Waals surface area contributed by atoms with Gasteiger partial charge in [-0.15, -0.1) is 0 Å². The van der Waals surface area contributed by atoms with E-state index < -0.39 is 12.4 Å². The molecule has 0 aliphatic rings. The molecule has 0 bridgehead atoms. The number of rotatable bonds is 6. The van der Waals surface area contributed by atoms with Crippen LogP contribution in [0.2, 0.25) is 0 Å². The molecule has 16 heavy (non-hydrogen) atoms. The molecule has 5 nitrogen and oxygen atoms in total. The van der Waals surface area contributed by atoms with Gasteiger partial charge in [0, 0.05) is 7.11 Å². The molecule has 0 radical (unpaired) electrons. The summed E-state index contributed by atoms with van der Waals surface area (Å²) in [6, 6.07) is 9.66. The van der Waals surface area contributed by atoms with Crippen LogP contribution in [-0.4, -0.2) is 26.1 Å². The molecule has 1 aromatic carbocycles. The van der Waals surface area contributed by atoms with Crippen molar-refractivity contribution in [2.24, 2.45) is 5.73 Å². The van der Waals surface area contributed by atoms with Gasteiger partial charge in [-0.3, -0.25) is 0 Å². The third kappa shape index (κ3) is 4.77. The minimum Gasteiger partial charge on any atom is -0.417 e. The summed E-state index contributed by atoms with van der Waals surface area (Å²) in [6.45, 7) is 0.581. The molecule has 0 aromatic heterocycles. The van der Waals surface area contributed by atoms with Crippen molar-refractivity contribution in [3.63, 3.8) is 0 Å². The van der Waals surface area contributed by atoms with E-state index in [0.717, 1.165) is 5.56 Å². The summed E-state index contributed by atoms with van der Waals surface area (Å²) in [7, 11) is 1.42. The first-order chi connectivity index (χ1) is 7.72. The number of hydrogen-bond acceptors (Lipinski definition) is 4. The van der Waals surface area contributed by atoms with Crippen molar-refractivity contribution in [2.75, 3.05) is 13.7 Å². The molecule has 1 amide bonds. The number of primary amides is 1. The van der Waals surface area contributed by atoms with Crippen molar-refractivity contribution >= 4 is 6.09 Å². The Morgan fingerprint density at radius 2 is 2.06 bits per heavy atom. The first-order valence-electron chi connectivity index (χ1n) is 4.83. The third-order valence-corrected chi connectivity index (χ3v) is 1.88. The molecule has 0 aliphatic heterocycles. The summed E-state index contributed by atoms with van der Waals surface area (Å²) in [6.07, 6.45) is -1.64. The van der Waals surface area contributed by atoms with Gasteiger partial charge in [-0.1, -0.05) is 30.3 Å². The quantitative estimate of drug-likeness (QED) is 0.740. The fourth-order valence-corrected chi connectivity index (χ4v) is 1.13. The zero-order chi connectivity index (χ0) is 11.8. The molecule has 1 atom stereocenters. The van der Waals surface area contributed by atoms with Crippen LogP contribution in [-0.2, 0) is 20.8 Å². The van der Waals surface area contributed by atoms with Gasteiger partial charge in [0.15, 0.2) is 0 Å². The van der Waals surface area contributed by atoms with E-state index in [2.05, 4.69) is 4.74 Å². The standard InChI is InChI=1S/C11H15NO4/c1-14-10(16-11(12)13)8-15-7-9-5-3-2-4-6-9/h2-6,10H,7-8H2,1H3,(H2,12,13). The summed E-state index contributed by atoms with van der Waals surface area (Å²) in [5.41, 5.74) is 5.89. The minimum atomic E-state index is -0.879. The second-order valence-electron chi connectivity index (χ2n) is 3.10. The average molecular weight is 225 g/mol. The molecule has 0 heterocycles. The largest absolute Gasteiger partial charge is 0.417 e. The molecule has 2 N–H and O–H groups in total. The molecular weight excluding hydrogens is 210 g/mol. The lowest BCUT2D eigenvalue weighted by Gasteiger charge is -2.14.